The SMILES string of the molecule is CCCn1cc(NC(=O)Cc2ccc(F)cc2)ccc1=O. The second-order valence-corrected chi connectivity index (χ2v) is 4.80. The van der Waals surface area contributed by atoms with Gasteiger partial charge in [-0.05, 0) is 30.2 Å². The van der Waals surface area contributed by atoms with Gasteiger partial charge in [-0.2, -0.15) is 0 Å². The van der Waals surface area contributed by atoms with Crippen LogP contribution in [-0.2, 0) is 17.8 Å². The summed E-state index contributed by atoms with van der Waals surface area (Å²) < 4.78 is 14.4. The molecule has 0 bridgehead atoms. The average Bonchev–Trinajstić information content (AvgIpc) is 2.45. The van der Waals surface area contributed by atoms with Gasteiger partial charge in [0.05, 0.1) is 12.1 Å². The average molecular weight is 288 g/mol. The van der Waals surface area contributed by atoms with Gasteiger partial charge in [-0.15, -0.1) is 0 Å². The Bertz CT molecular complexity index is 677. The van der Waals surface area contributed by atoms with Crippen molar-refractivity contribution >= 4 is 11.6 Å². The van der Waals surface area contributed by atoms with Gasteiger partial charge in [-0.3, -0.25) is 9.59 Å². The summed E-state index contributed by atoms with van der Waals surface area (Å²) in [5, 5.41) is 2.74. The Labute approximate surface area is 122 Å². The van der Waals surface area contributed by atoms with E-state index in [1.807, 2.05) is 6.92 Å². The van der Waals surface area contributed by atoms with Gasteiger partial charge in [-0.25, -0.2) is 4.39 Å². The van der Waals surface area contributed by atoms with Gasteiger partial charge >= 0.3 is 0 Å². The Kier molecular flexibility index (Phi) is 4.87. The number of rotatable bonds is 5. The number of hydrogen-bond acceptors (Lipinski definition) is 2. The minimum Gasteiger partial charge on any atom is -0.324 e. The zero-order chi connectivity index (χ0) is 15.2. The predicted octanol–water partition coefficient (Wildman–Crippen LogP) is 2.58. The maximum atomic E-state index is 12.8. The first-order valence-electron chi connectivity index (χ1n) is 6.83. The third kappa shape index (κ3) is 4.27. The molecular weight excluding hydrogens is 271 g/mol. The minimum atomic E-state index is -0.328. The van der Waals surface area contributed by atoms with E-state index in [2.05, 4.69) is 5.32 Å². The number of amides is 1. The van der Waals surface area contributed by atoms with Gasteiger partial charge in [-0.1, -0.05) is 19.1 Å². The number of nitrogens with one attached hydrogen (secondary N) is 1. The molecule has 0 aliphatic carbocycles. The van der Waals surface area contributed by atoms with E-state index in [4.69, 9.17) is 0 Å². The summed E-state index contributed by atoms with van der Waals surface area (Å²) in [6.07, 6.45) is 2.63. The standard InChI is InChI=1S/C16H17FN2O2/c1-2-9-19-11-14(7-8-16(19)21)18-15(20)10-12-3-5-13(17)6-4-12/h3-8,11H,2,9-10H2,1H3,(H,18,20). The van der Waals surface area contributed by atoms with E-state index in [1.54, 1.807) is 29.0 Å². The molecule has 21 heavy (non-hydrogen) atoms. The molecule has 1 aromatic carbocycles. The van der Waals surface area contributed by atoms with Crippen LogP contribution >= 0.6 is 0 Å². The molecule has 0 aliphatic rings. The Balaban J connectivity index is 2.04. The smallest absolute Gasteiger partial charge is 0.250 e. The van der Waals surface area contributed by atoms with Crippen molar-refractivity contribution in [2.75, 3.05) is 5.32 Å². The van der Waals surface area contributed by atoms with E-state index in [9.17, 15) is 14.0 Å². The fraction of sp³-hybridized carbons (Fsp3) is 0.250. The molecule has 110 valence electrons. The van der Waals surface area contributed by atoms with Gasteiger partial charge in [0.15, 0.2) is 0 Å². The predicted molar refractivity (Wildman–Crippen MR) is 79.7 cm³/mol. The highest BCUT2D eigenvalue weighted by Gasteiger charge is 2.05. The third-order valence-corrected chi connectivity index (χ3v) is 3.01. The summed E-state index contributed by atoms with van der Waals surface area (Å²) in [7, 11) is 0. The van der Waals surface area contributed by atoms with Gasteiger partial charge < -0.3 is 9.88 Å². The molecule has 4 nitrogen and oxygen atoms in total. The topological polar surface area (TPSA) is 51.1 Å². The molecule has 0 saturated carbocycles. The highest BCUT2D eigenvalue weighted by molar-refractivity contribution is 5.92. The van der Waals surface area contributed by atoms with Crippen LogP contribution in [-0.4, -0.2) is 10.5 Å². The minimum absolute atomic E-state index is 0.0895. The molecule has 0 fully saturated rings. The summed E-state index contributed by atoms with van der Waals surface area (Å²) in [6, 6.07) is 8.81. The fourth-order valence-electron chi connectivity index (χ4n) is 2.01. The van der Waals surface area contributed by atoms with Crippen LogP contribution in [0, 0.1) is 5.82 Å². The number of carbonyl (C=O) groups is 1. The Hall–Kier alpha value is -2.43. The van der Waals surface area contributed by atoms with E-state index in [0.29, 0.717) is 12.2 Å². The number of hydrogen-bond donors (Lipinski definition) is 1. The van der Waals surface area contributed by atoms with Crippen LogP contribution in [0.15, 0.2) is 47.4 Å². The summed E-state index contributed by atoms with van der Waals surface area (Å²) in [5.74, 6) is -0.533. The van der Waals surface area contributed by atoms with Crippen molar-refractivity contribution < 1.29 is 9.18 Å². The number of nitrogens with zero attached hydrogens (tertiary/aromatic N) is 1. The quantitative estimate of drug-likeness (QED) is 0.919. The summed E-state index contributed by atoms with van der Waals surface area (Å²) in [6.45, 7) is 2.59. The summed E-state index contributed by atoms with van der Waals surface area (Å²) >= 11 is 0. The molecule has 5 heteroatoms. The molecule has 1 N–H and O–H groups in total. The number of aryl methyl sites for hydroxylation is 1. The maximum absolute atomic E-state index is 12.8. The Morgan fingerprint density at radius 1 is 1.19 bits per heavy atom. The molecule has 0 unspecified atom stereocenters. The molecule has 0 radical (unpaired) electrons. The highest BCUT2D eigenvalue weighted by atomic mass is 19.1. The lowest BCUT2D eigenvalue weighted by Crippen LogP contribution is -2.21. The lowest BCUT2D eigenvalue weighted by Gasteiger charge is -2.08. The zero-order valence-corrected chi connectivity index (χ0v) is 11.8. The van der Waals surface area contributed by atoms with Crippen LogP contribution in [0.5, 0.6) is 0 Å². The molecule has 0 atom stereocenters. The van der Waals surface area contributed by atoms with Crippen molar-refractivity contribution in [3.63, 3.8) is 0 Å². The van der Waals surface area contributed by atoms with Crippen LogP contribution in [0.2, 0.25) is 0 Å². The van der Waals surface area contributed by atoms with Crippen LogP contribution in [0.4, 0.5) is 10.1 Å². The van der Waals surface area contributed by atoms with Gasteiger partial charge in [0.1, 0.15) is 5.82 Å². The number of benzene rings is 1. The molecule has 1 aromatic heterocycles. The second-order valence-electron chi connectivity index (χ2n) is 4.80. The van der Waals surface area contributed by atoms with Crippen LogP contribution in [0.1, 0.15) is 18.9 Å². The molecule has 1 heterocycles. The third-order valence-electron chi connectivity index (χ3n) is 3.01. The normalized spacial score (nSPS) is 10.4. The van der Waals surface area contributed by atoms with Crippen molar-refractivity contribution in [1.29, 1.82) is 0 Å². The molecule has 1 amide bonds. The number of halogens is 1. The molecule has 0 saturated heterocycles. The Morgan fingerprint density at radius 2 is 1.90 bits per heavy atom. The van der Waals surface area contributed by atoms with Crippen molar-refractivity contribution in [1.82, 2.24) is 4.57 Å². The first-order chi connectivity index (χ1) is 10.1. The van der Waals surface area contributed by atoms with Crippen LogP contribution < -0.4 is 10.9 Å². The van der Waals surface area contributed by atoms with E-state index in [-0.39, 0.29) is 23.7 Å². The van der Waals surface area contributed by atoms with E-state index < -0.39 is 0 Å². The van der Waals surface area contributed by atoms with Crippen LogP contribution in [0.3, 0.4) is 0 Å². The molecule has 2 aromatic rings. The van der Waals surface area contributed by atoms with Crippen molar-refractivity contribution in [2.45, 2.75) is 26.3 Å². The number of anilines is 1. The molecular formula is C16H17FN2O2. The van der Waals surface area contributed by atoms with Gasteiger partial charge in [0.2, 0.25) is 5.91 Å². The van der Waals surface area contributed by atoms with Crippen molar-refractivity contribution in [3.8, 4) is 0 Å². The number of carbonyl (C=O) groups excluding carboxylic acids is 1. The van der Waals surface area contributed by atoms with E-state index in [1.165, 1.54) is 18.2 Å². The first kappa shape index (κ1) is 15.0. The lowest BCUT2D eigenvalue weighted by molar-refractivity contribution is -0.115. The van der Waals surface area contributed by atoms with Crippen molar-refractivity contribution in [2.24, 2.45) is 0 Å². The number of pyridine rings is 1. The maximum Gasteiger partial charge on any atom is 0.250 e. The highest BCUT2D eigenvalue weighted by Crippen LogP contribution is 2.07. The van der Waals surface area contributed by atoms with Gasteiger partial charge in [0.25, 0.3) is 5.56 Å². The number of aromatic nitrogens is 1. The van der Waals surface area contributed by atoms with E-state index in [0.717, 1.165) is 12.0 Å². The zero-order valence-electron chi connectivity index (χ0n) is 11.8. The monoisotopic (exact) mass is 288 g/mol. The molecule has 0 aliphatic heterocycles. The summed E-state index contributed by atoms with van der Waals surface area (Å²) in [5.41, 5.74) is 1.22. The van der Waals surface area contributed by atoms with E-state index >= 15 is 0 Å². The van der Waals surface area contributed by atoms with Crippen LogP contribution in [0.25, 0.3) is 0 Å². The van der Waals surface area contributed by atoms with Crippen molar-refractivity contribution in [3.05, 3.63) is 64.3 Å². The largest absolute Gasteiger partial charge is 0.324 e. The Morgan fingerprint density at radius 3 is 2.57 bits per heavy atom. The molecule has 2 rings (SSSR count). The fourth-order valence-corrected chi connectivity index (χ4v) is 2.01. The lowest BCUT2D eigenvalue weighted by atomic mass is 10.1. The van der Waals surface area contributed by atoms with Gasteiger partial charge in [0, 0.05) is 18.8 Å². The first-order valence-corrected chi connectivity index (χ1v) is 6.83. The molecule has 0 spiro atoms. The second kappa shape index (κ2) is 6.83. The summed E-state index contributed by atoms with van der Waals surface area (Å²) in [4.78, 5) is 23.5.